The molecule has 0 radical (unpaired) electrons. The zero-order valence-corrected chi connectivity index (χ0v) is 15.2. The van der Waals surface area contributed by atoms with Gasteiger partial charge in [0.2, 0.25) is 5.91 Å². The van der Waals surface area contributed by atoms with Gasteiger partial charge < -0.3 is 14.5 Å². The minimum atomic E-state index is -0.245. The molecule has 1 saturated heterocycles. The lowest BCUT2D eigenvalue weighted by atomic mass is 10.0. The number of furan rings is 1. The van der Waals surface area contributed by atoms with Crippen LogP contribution in [0, 0.1) is 13.8 Å². The van der Waals surface area contributed by atoms with Crippen molar-refractivity contribution in [1.82, 2.24) is 4.90 Å². The monoisotopic (exact) mass is 342 g/mol. The first kappa shape index (κ1) is 17.7. The van der Waals surface area contributed by atoms with E-state index in [1.165, 1.54) is 5.56 Å². The highest BCUT2D eigenvalue weighted by Crippen LogP contribution is 2.24. The van der Waals surface area contributed by atoms with Crippen molar-refractivity contribution in [2.24, 2.45) is 0 Å². The Morgan fingerprint density at radius 3 is 2.48 bits per heavy atom. The molecule has 1 aliphatic heterocycles. The van der Waals surface area contributed by atoms with Gasteiger partial charge in [0.25, 0.3) is 0 Å². The molecule has 1 aromatic carbocycles. The molecule has 5 nitrogen and oxygen atoms in total. The van der Waals surface area contributed by atoms with E-state index in [0.717, 1.165) is 55.6 Å². The fourth-order valence-electron chi connectivity index (χ4n) is 3.18. The van der Waals surface area contributed by atoms with Crippen LogP contribution in [0.3, 0.4) is 0 Å². The molecule has 2 aromatic rings. The number of nitrogens with one attached hydrogen (secondary N) is 1. The number of nitrogens with zero attached hydrogens (tertiary/aromatic N) is 1. The number of benzene rings is 1. The third-order valence-electron chi connectivity index (χ3n) is 4.67. The summed E-state index contributed by atoms with van der Waals surface area (Å²) in [6.07, 6.45) is 0. The van der Waals surface area contributed by atoms with Gasteiger partial charge in [0.05, 0.1) is 19.1 Å². The van der Waals surface area contributed by atoms with Crippen LogP contribution in [0.1, 0.15) is 35.5 Å². The van der Waals surface area contributed by atoms with Gasteiger partial charge >= 0.3 is 0 Å². The molecule has 1 fully saturated rings. The second-order valence-electron chi connectivity index (χ2n) is 6.66. The van der Waals surface area contributed by atoms with Gasteiger partial charge in [-0.15, -0.1) is 0 Å². The highest BCUT2D eigenvalue weighted by molar-refractivity contribution is 5.95. The highest BCUT2D eigenvalue weighted by atomic mass is 16.5. The lowest BCUT2D eigenvalue weighted by Crippen LogP contribution is -2.35. The van der Waals surface area contributed by atoms with Crippen molar-refractivity contribution >= 4 is 11.6 Å². The molecule has 0 unspecified atom stereocenters. The van der Waals surface area contributed by atoms with Crippen LogP contribution >= 0.6 is 0 Å². The summed E-state index contributed by atoms with van der Waals surface area (Å²) in [5.41, 5.74) is 3.01. The zero-order valence-electron chi connectivity index (χ0n) is 15.2. The fourth-order valence-corrected chi connectivity index (χ4v) is 3.18. The molecule has 5 heteroatoms. The Balaban J connectivity index is 1.58. The number of rotatable bonds is 5. The normalized spacial score (nSPS) is 16.6. The Labute approximate surface area is 149 Å². The molecule has 0 bridgehead atoms. The first-order valence-corrected chi connectivity index (χ1v) is 8.80. The molecule has 0 saturated carbocycles. The molecule has 3 rings (SSSR count). The molecule has 1 amide bonds. The van der Waals surface area contributed by atoms with Crippen molar-refractivity contribution < 1.29 is 13.9 Å². The van der Waals surface area contributed by atoms with Gasteiger partial charge in [-0.2, -0.15) is 0 Å². The van der Waals surface area contributed by atoms with Crippen LogP contribution in [0.4, 0.5) is 5.69 Å². The predicted molar refractivity (Wildman–Crippen MR) is 97.8 cm³/mol. The minimum absolute atomic E-state index is 0.0233. The van der Waals surface area contributed by atoms with Gasteiger partial charge in [-0.05, 0) is 44.5 Å². The molecular formula is C20H26N2O3. The molecule has 2 heterocycles. The first-order chi connectivity index (χ1) is 12.0. The van der Waals surface area contributed by atoms with Crippen molar-refractivity contribution in [3.8, 4) is 0 Å². The Hall–Kier alpha value is -2.11. The Morgan fingerprint density at radius 2 is 1.88 bits per heavy atom. The number of morpholine rings is 1. The molecule has 1 aromatic heterocycles. The molecule has 0 spiro atoms. The number of hydrogen-bond acceptors (Lipinski definition) is 4. The maximum atomic E-state index is 12.5. The summed E-state index contributed by atoms with van der Waals surface area (Å²) in [4.78, 5) is 14.9. The zero-order chi connectivity index (χ0) is 17.8. The second-order valence-corrected chi connectivity index (χ2v) is 6.66. The average Bonchev–Trinajstić information content (AvgIpc) is 2.95. The van der Waals surface area contributed by atoms with Crippen LogP contribution in [0.15, 0.2) is 34.7 Å². The SMILES string of the molecule is Cc1cc([C@@H](C)C(=O)Nc2ccc(CN3CCOCC3)cc2)c(C)o1. The number of anilines is 1. The lowest BCUT2D eigenvalue weighted by molar-refractivity contribution is -0.117. The quantitative estimate of drug-likeness (QED) is 0.904. The van der Waals surface area contributed by atoms with Crippen LogP contribution in [-0.4, -0.2) is 37.1 Å². The molecule has 1 N–H and O–H groups in total. The number of aryl methyl sites for hydroxylation is 2. The smallest absolute Gasteiger partial charge is 0.231 e. The molecular weight excluding hydrogens is 316 g/mol. The van der Waals surface area contributed by atoms with Crippen LogP contribution in [-0.2, 0) is 16.1 Å². The van der Waals surface area contributed by atoms with Crippen molar-refractivity contribution in [3.63, 3.8) is 0 Å². The van der Waals surface area contributed by atoms with E-state index in [9.17, 15) is 4.79 Å². The van der Waals surface area contributed by atoms with Crippen LogP contribution in [0.25, 0.3) is 0 Å². The van der Waals surface area contributed by atoms with E-state index in [1.807, 2.05) is 39.0 Å². The Morgan fingerprint density at radius 1 is 1.20 bits per heavy atom. The van der Waals surface area contributed by atoms with Crippen molar-refractivity contribution in [1.29, 1.82) is 0 Å². The maximum Gasteiger partial charge on any atom is 0.231 e. The molecule has 1 aliphatic rings. The molecule has 0 aliphatic carbocycles. The molecule has 134 valence electrons. The average molecular weight is 342 g/mol. The third-order valence-corrected chi connectivity index (χ3v) is 4.67. The van der Waals surface area contributed by atoms with Gasteiger partial charge in [-0.1, -0.05) is 12.1 Å². The van der Waals surface area contributed by atoms with Gasteiger partial charge in [-0.25, -0.2) is 0 Å². The second kappa shape index (κ2) is 7.85. The summed E-state index contributed by atoms with van der Waals surface area (Å²) in [5.74, 6) is 1.37. The lowest BCUT2D eigenvalue weighted by Gasteiger charge is -2.26. The standard InChI is InChI=1S/C20H26N2O3/c1-14-12-19(16(3)25-14)15(2)20(23)21-18-6-4-17(5-7-18)13-22-8-10-24-11-9-22/h4-7,12,15H,8-11,13H2,1-3H3,(H,21,23)/t15-/m1/s1. The van der Waals surface area contributed by atoms with Gasteiger partial charge in [0, 0.05) is 30.9 Å². The van der Waals surface area contributed by atoms with Crippen LogP contribution in [0.2, 0.25) is 0 Å². The van der Waals surface area contributed by atoms with Gasteiger partial charge in [0.15, 0.2) is 0 Å². The number of ether oxygens (including phenoxy) is 1. The Kier molecular flexibility index (Phi) is 5.56. The van der Waals surface area contributed by atoms with E-state index in [-0.39, 0.29) is 11.8 Å². The van der Waals surface area contributed by atoms with Crippen molar-refractivity contribution in [3.05, 3.63) is 53.0 Å². The largest absolute Gasteiger partial charge is 0.466 e. The summed E-state index contributed by atoms with van der Waals surface area (Å²) in [7, 11) is 0. The summed E-state index contributed by atoms with van der Waals surface area (Å²) in [5, 5.41) is 2.99. The van der Waals surface area contributed by atoms with E-state index in [1.54, 1.807) is 0 Å². The topological polar surface area (TPSA) is 54.7 Å². The number of amides is 1. The predicted octanol–water partition coefficient (Wildman–Crippen LogP) is 3.47. The summed E-state index contributed by atoms with van der Waals surface area (Å²) in [6, 6.07) is 10.0. The maximum absolute atomic E-state index is 12.5. The highest BCUT2D eigenvalue weighted by Gasteiger charge is 2.20. The fraction of sp³-hybridized carbons (Fsp3) is 0.450. The first-order valence-electron chi connectivity index (χ1n) is 8.80. The third kappa shape index (κ3) is 4.50. The minimum Gasteiger partial charge on any atom is -0.466 e. The van der Waals surface area contributed by atoms with Crippen LogP contribution < -0.4 is 5.32 Å². The number of carbonyl (C=O) groups excluding carboxylic acids is 1. The van der Waals surface area contributed by atoms with E-state index < -0.39 is 0 Å². The van der Waals surface area contributed by atoms with Crippen molar-refractivity contribution in [2.45, 2.75) is 33.2 Å². The van der Waals surface area contributed by atoms with E-state index in [2.05, 4.69) is 22.3 Å². The molecule has 25 heavy (non-hydrogen) atoms. The number of carbonyl (C=O) groups is 1. The summed E-state index contributed by atoms with van der Waals surface area (Å²) >= 11 is 0. The summed E-state index contributed by atoms with van der Waals surface area (Å²) < 4.78 is 10.9. The van der Waals surface area contributed by atoms with Gasteiger partial charge in [-0.3, -0.25) is 9.69 Å². The van der Waals surface area contributed by atoms with E-state index in [4.69, 9.17) is 9.15 Å². The van der Waals surface area contributed by atoms with E-state index in [0.29, 0.717) is 0 Å². The molecule has 1 atom stereocenters. The van der Waals surface area contributed by atoms with Crippen LogP contribution in [0.5, 0.6) is 0 Å². The summed E-state index contributed by atoms with van der Waals surface area (Å²) in [6.45, 7) is 10.2. The van der Waals surface area contributed by atoms with E-state index >= 15 is 0 Å². The van der Waals surface area contributed by atoms with Gasteiger partial charge in [0.1, 0.15) is 11.5 Å². The number of hydrogen-bond donors (Lipinski definition) is 1. The van der Waals surface area contributed by atoms with Crippen molar-refractivity contribution in [2.75, 3.05) is 31.6 Å². The Bertz CT molecular complexity index is 715.